The van der Waals surface area contributed by atoms with Gasteiger partial charge in [-0.1, -0.05) is 58.9 Å². The maximum absolute atomic E-state index is 4.33. The first kappa shape index (κ1) is 13.8. The van der Waals surface area contributed by atoms with Crippen LogP contribution in [0, 0.1) is 5.92 Å². The lowest BCUT2D eigenvalue weighted by Crippen LogP contribution is -2.14. The molecule has 3 nitrogen and oxygen atoms in total. The zero-order chi connectivity index (χ0) is 14.0. The molecule has 0 saturated carbocycles. The topological polar surface area (TPSA) is 30.7 Å². The van der Waals surface area contributed by atoms with E-state index in [1.54, 1.807) is 0 Å². The van der Waals surface area contributed by atoms with Crippen LogP contribution in [-0.4, -0.2) is 14.8 Å². The van der Waals surface area contributed by atoms with Crippen molar-refractivity contribution >= 4 is 0 Å². The van der Waals surface area contributed by atoms with Crippen molar-refractivity contribution in [2.45, 2.75) is 46.6 Å². The quantitative estimate of drug-likeness (QED) is 0.835. The fourth-order valence-corrected chi connectivity index (χ4v) is 2.32. The Hall–Kier alpha value is -1.64. The van der Waals surface area contributed by atoms with Crippen LogP contribution in [0.4, 0.5) is 0 Å². The molecule has 0 aliphatic carbocycles. The number of aromatic nitrogens is 3. The molecule has 1 aromatic carbocycles. The molecular weight excluding hydrogens is 234 g/mol. The van der Waals surface area contributed by atoms with E-state index in [1.165, 1.54) is 11.1 Å². The van der Waals surface area contributed by atoms with Crippen LogP contribution >= 0.6 is 0 Å². The van der Waals surface area contributed by atoms with Crippen molar-refractivity contribution < 1.29 is 0 Å². The van der Waals surface area contributed by atoms with Gasteiger partial charge in [-0.15, -0.1) is 10.2 Å². The van der Waals surface area contributed by atoms with Crippen LogP contribution in [-0.2, 0) is 12.0 Å². The van der Waals surface area contributed by atoms with Gasteiger partial charge in [-0.25, -0.2) is 0 Å². The van der Waals surface area contributed by atoms with Gasteiger partial charge >= 0.3 is 0 Å². The van der Waals surface area contributed by atoms with Gasteiger partial charge < -0.3 is 4.57 Å². The molecule has 1 heterocycles. The molecule has 0 spiro atoms. The molecule has 0 unspecified atom stereocenters. The van der Waals surface area contributed by atoms with E-state index >= 15 is 0 Å². The molecule has 0 radical (unpaired) electrons. The van der Waals surface area contributed by atoms with Crippen molar-refractivity contribution in [3.05, 3.63) is 36.2 Å². The van der Waals surface area contributed by atoms with Gasteiger partial charge in [0, 0.05) is 12.1 Å². The molecule has 0 atom stereocenters. The highest BCUT2D eigenvalue weighted by Gasteiger charge is 2.21. The van der Waals surface area contributed by atoms with Crippen LogP contribution < -0.4 is 0 Å². The molecule has 2 rings (SSSR count). The fourth-order valence-electron chi connectivity index (χ4n) is 2.32. The molecule has 0 saturated heterocycles. The van der Waals surface area contributed by atoms with Crippen molar-refractivity contribution in [1.82, 2.24) is 14.8 Å². The maximum atomic E-state index is 4.33. The van der Waals surface area contributed by atoms with E-state index in [-0.39, 0.29) is 5.41 Å². The molecule has 0 aliphatic rings. The molecule has 0 amide bonds. The van der Waals surface area contributed by atoms with E-state index in [0.717, 1.165) is 12.4 Å². The summed E-state index contributed by atoms with van der Waals surface area (Å²) in [5.74, 6) is 1.55. The molecule has 0 bridgehead atoms. The average Bonchev–Trinajstić information content (AvgIpc) is 2.75. The van der Waals surface area contributed by atoms with E-state index in [9.17, 15) is 0 Å². The summed E-state index contributed by atoms with van der Waals surface area (Å²) >= 11 is 0. The number of hydrogen-bond acceptors (Lipinski definition) is 2. The van der Waals surface area contributed by atoms with Crippen molar-refractivity contribution in [1.29, 1.82) is 0 Å². The van der Waals surface area contributed by atoms with E-state index in [0.29, 0.717) is 5.92 Å². The molecule has 102 valence electrons. The van der Waals surface area contributed by atoms with Crippen LogP contribution in [0.1, 0.15) is 40.2 Å². The summed E-state index contributed by atoms with van der Waals surface area (Å²) in [5, 5.41) is 8.41. The second kappa shape index (κ2) is 5.16. The summed E-state index contributed by atoms with van der Waals surface area (Å²) in [5.41, 5.74) is 2.60. The first-order valence-electron chi connectivity index (χ1n) is 6.87. The van der Waals surface area contributed by atoms with Crippen LogP contribution in [0.3, 0.4) is 0 Å². The molecule has 0 aliphatic heterocycles. The molecule has 0 fully saturated rings. The standard InChI is InChI=1S/C16H23N3/c1-12(2)10-19-11-17-18-15(19)13-8-6-7-9-14(13)16(3,4)5/h6-9,11-12H,10H2,1-5H3. The predicted molar refractivity (Wildman–Crippen MR) is 79.0 cm³/mol. The van der Waals surface area contributed by atoms with Crippen molar-refractivity contribution in [2.24, 2.45) is 5.92 Å². The molecule has 3 heteroatoms. The van der Waals surface area contributed by atoms with Crippen molar-refractivity contribution in [3.8, 4) is 11.4 Å². The second-order valence-corrected chi connectivity index (χ2v) is 6.50. The summed E-state index contributed by atoms with van der Waals surface area (Å²) in [7, 11) is 0. The Bertz CT molecular complexity index is 547. The number of hydrogen-bond donors (Lipinski definition) is 0. The minimum absolute atomic E-state index is 0.102. The van der Waals surface area contributed by atoms with Crippen LogP contribution in [0.5, 0.6) is 0 Å². The van der Waals surface area contributed by atoms with Gasteiger partial charge in [0.25, 0.3) is 0 Å². The molecule has 0 N–H and O–H groups in total. The fraction of sp³-hybridized carbons (Fsp3) is 0.500. The first-order valence-corrected chi connectivity index (χ1v) is 6.87. The highest BCUT2D eigenvalue weighted by molar-refractivity contribution is 5.62. The third-order valence-electron chi connectivity index (χ3n) is 3.15. The van der Waals surface area contributed by atoms with Gasteiger partial charge in [-0.05, 0) is 16.9 Å². The second-order valence-electron chi connectivity index (χ2n) is 6.50. The Balaban J connectivity index is 2.51. The monoisotopic (exact) mass is 257 g/mol. The van der Waals surface area contributed by atoms with Crippen LogP contribution in [0.2, 0.25) is 0 Å². The summed E-state index contributed by atoms with van der Waals surface area (Å²) in [6.45, 7) is 12.1. The Morgan fingerprint density at radius 3 is 2.47 bits per heavy atom. The van der Waals surface area contributed by atoms with E-state index in [2.05, 4.69) is 73.6 Å². The smallest absolute Gasteiger partial charge is 0.164 e. The predicted octanol–water partition coefficient (Wildman–Crippen LogP) is 3.90. The van der Waals surface area contributed by atoms with E-state index in [4.69, 9.17) is 0 Å². The van der Waals surface area contributed by atoms with E-state index < -0.39 is 0 Å². The summed E-state index contributed by atoms with van der Waals surface area (Å²) in [6.07, 6.45) is 1.83. The van der Waals surface area contributed by atoms with Crippen molar-refractivity contribution in [2.75, 3.05) is 0 Å². The van der Waals surface area contributed by atoms with Crippen LogP contribution in [0.15, 0.2) is 30.6 Å². The van der Waals surface area contributed by atoms with E-state index in [1.807, 2.05) is 6.33 Å². The molecule has 1 aromatic heterocycles. The number of nitrogens with zero attached hydrogens (tertiary/aromatic N) is 3. The minimum atomic E-state index is 0.102. The van der Waals surface area contributed by atoms with Gasteiger partial charge in [-0.2, -0.15) is 0 Å². The van der Waals surface area contributed by atoms with Gasteiger partial charge in [0.15, 0.2) is 5.82 Å². The average molecular weight is 257 g/mol. The Labute approximate surface area is 115 Å². The van der Waals surface area contributed by atoms with Gasteiger partial charge in [0.1, 0.15) is 6.33 Å². The highest BCUT2D eigenvalue weighted by Crippen LogP contribution is 2.31. The first-order chi connectivity index (χ1) is 8.89. The lowest BCUT2D eigenvalue weighted by atomic mass is 9.83. The molecule has 2 aromatic rings. The largest absolute Gasteiger partial charge is 0.313 e. The number of rotatable bonds is 3. The third-order valence-corrected chi connectivity index (χ3v) is 3.15. The lowest BCUT2D eigenvalue weighted by Gasteiger charge is -2.22. The maximum Gasteiger partial charge on any atom is 0.164 e. The van der Waals surface area contributed by atoms with Gasteiger partial charge in [-0.3, -0.25) is 0 Å². The normalized spacial score (nSPS) is 12.1. The third kappa shape index (κ3) is 3.03. The Kier molecular flexibility index (Phi) is 3.74. The van der Waals surface area contributed by atoms with Crippen LogP contribution in [0.25, 0.3) is 11.4 Å². The molecule has 19 heavy (non-hydrogen) atoms. The summed E-state index contributed by atoms with van der Waals surface area (Å²) in [6, 6.07) is 8.48. The Morgan fingerprint density at radius 1 is 1.16 bits per heavy atom. The SMILES string of the molecule is CC(C)Cn1cnnc1-c1ccccc1C(C)(C)C. The van der Waals surface area contributed by atoms with Crippen molar-refractivity contribution in [3.63, 3.8) is 0 Å². The highest BCUT2D eigenvalue weighted by atomic mass is 15.3. The van der Waals surface area contributed by atoms with Gasteiger partial charge in [0.2, 0.25) is 0 Å². The Morgan fingerprint density at radius 2 is 1.84 bits per heavy atom. The minimum Gasteiger partial charge on any atom is -0.313 e. The zero-order valence-electron chi connectivity index (χ0n) is 12.5. The lowest BCUT2D eigenvalue weighted by molar-refractivity contribution is 0.524. The van der Waals surface area contributed by atoms with Gasteiger partial charge in [0.05, 0.1) is 0 Å². The summed E-state index contributed by atoms with van der Waals surface area (Å²) < 4.78 is 2.15. The molecular formula is C16H23N3. The zero-order valence-corrected chi connectivity index (χ0v) is 12.5. The number of benzene rings is 1. The summed E-state index contributed by atoms with van der Waals surface area (Å²) in [4.78, 5) is 0.